The topological polar surface area (TPSA) is 196 Å². The summed E-state index contributed by atoms with van der Waals surface area (Å²) in [5, 5.41) is 49.4. The van der Waals surface area contributed by atoms with Crippen LogP contribution in [0.15, 0.2) is 147 Å². The van der Waals surface area contributed by atoms with E-state index in [9.17, 15) is 21.0 Å². The quantitative estimate of drug-likeness (QED) is 0.114. The number of nitriles is 4. The van der Waals surface area contributed by atoms with Gasteiger partial charge in [-0.25, -0.2) is 9.69 Å². The van der Waals surface area contributed by atoms with Gasteiger partial charge in [0.1, 0.15) is 12.1 Å². The predicted octanol–water partition coefficient (Wildman–Crippen LogP) is 11.3. The van der Waals surface area contributed by atoms with E-state index < -0.39 is 5.41 Å². The molecule has 71 heavy (non-hydrogen) atoms. The monoisotopic (exact) mass is 909 g/mol. The van der Waals surface area contributed by atoms with E-state index in [1.165, 1.54) is 0 Å². The highest BCUT2D eigenvalue weighted by atomic mass is 15.0. The maximum atomic E-state index is 11.2. The Hall–Kier alpha value is -11.1. The first-order valence-corrected chi connectivity index (χ1v) is 21.8. The molecule has 0 fully saturated rings. The summed E-state index contributed by atoms with van der Waals surface area (Å²) in [6.45, 7) is 19.3. The summed E-state index contributed by atoms with van der Waals surface area (Å²) in [6, 6.07) is 30.7. The molecule has 12 rings (SSSR count). The zero-order chi connectivity index (χ0) is 48.5. The molecule has 0 radical (unpaired) electrons. The molecule has 9 aromatic heterocycles. The Morgan fingerprint density at radius 3 is 0.887 bits per heavy atom. The normalized spacial score (nSPS) is 11.4. The van der Waals surface area contributed by atoms with Gasteiger partial charge in [0.2, 0.25) is 11.4 Å². The molecular weight excluding hydrogens is 883 g/mol. The molecule has 0 unspecified atom stereocenters. The van der Waals surface area contributed by atoms with Crippen LogP contribution in [0.4, 0.5) is 11.4 Å². The maximum Gasteiger partial charge on any atom is 0.212 e. The lowest BCUT2D eigenvalue weighted by Crippen LogP contribution is -2.27. The molecule has 15 nitrogen and oxygen atoms in total. The van der Waals surface area contributed by atoms with Crippen LogP contribution in [0.25, 0.3) is 92.2 Å². The summed E-state index contributed by atoms with van der Waals surface area (Å²) < 4.78 is 5.59. The van der Waals surface area contributed by atoms with Crippen LogP contribution in [0.5, 0.6) is 0 Å². The van der Waals surface area contributed by atoms with E-state index in [4.69, 9.17) is 13.1 Å². The fraction of sp³-hybridized carbons (Fsp3) is 0.0357. The third-order valence-electron chi connectivity index (χ3n) is 13.5. The second kappa shape index (κ2) is 15.8. The molecule has 0 bridgehead atoms. The van der Waals surface area contributed by atoms with E-state index >= 15 is 0 Å². The number of pyridine rings is 6. The highest BCUT2D eigenvalue weighted by Gasteiger charge is 2.37. The van der Waals surface area contributed by atoms with Gasteiger partial charge in [-0.2, -0.15) is 21.0 Å². The Morgan fingerprint density at radius 2 is 0.634 bits per heavy atom. The van der Waals surface area contributed by atoms with Crippen molar-refractivity contribution in [2.45, 2.75) is 12.3 Å². The van der Waals surface area contributed by atoms with Crippen LogP contribution in [-0.4, -0.2) is 43.6 Å². The molecule has 0 saturated carbocycles. The average Bonchev–Trinajstić information content (AvgIpc) is 4.07. The van der Waals surface area contributed by atoms with Gasteiger partial charge in [-0.1, -0.05) is 0 Å². The minimum Gasteiger partial charge on any atom is -0.317 e. The van der Waals surface area contributed by atoms with E-state index in [0.717, 1.165) is 32.3 Å². The highest BCUT2D eigenvalue weighted by molar-refractivity contribution is 6.11. The fourth-order valence-corrected chi connectivity index (χ4v) is 10.3. The van der Waals surface area contributed by atoms with Crippen LogP contribution in [0, 0.1) is 58.5 Å². The third-order valence-corrected chi connectivity index (χ3v) is 13.5. The van der Waals surface area contributed by atoms with Crippen molar-refractivity contribution in [2.75, 3.05) is 0 Å². The van der Waals surface area contributed by atoms with Crippen LogP contribution < -0.4 is 0 Å². The van der Waals surface area contributed by atoms with Gasteiger partial charge in [0.15, 0.2) is 0 Å². The second-order valence-electron chi connectivity index (χ2n) is 16.9. The molecular formula is C56H27N15. The summed E-state index contributed by atoms with van der Waals surface area (Å²) >= 11 is 0. The summed E-state index contributed by atoms with van der Waals surface area (Å²) in [4.78, 5) is 34.3. The predicted molar refractivity (Wildman–Crippen MR) is 266 cm³/mol. The Labute approximate surface area is 402 Å². The summed E-state index contributed by atoms with van der Waals surface area (Å²) in [5.41, 5.74) is 5.82. The number of fused-ring (bicyclic) bond motifs is 9. The van der Waals surface area contributed by atoms with Gasteiger partial charge in [-0.05, 0) is 96.4 Å². The number of benzene rings is 3. The summed E-state index contributed by atoms with van der Waals surface area (Å²) in [7, 11) is 0. The van der Waals surface area contributed by atoms with Crippen molar-refractivity contribution in [3.05, 3.63) is 209 Å². The molecule has 12 aromatic rings. The largest absolute Gasteiger partial charge is 0.317 e. The number of hydrogen-bond donors (Lipinski definition) is 0. The molecule has 9 heterocycles. The maximum absolute atomic E-state index is 11.2. The first kappa shape index (κ1) is 41.3. The lowest BCUT2D eigenvalue weighted by atomic mass is 9.69. The number of rotatable bonds is 6. The van der Waals surface area contributed by atoms with Gasteiger partial charge in [-0.15, -0.1) is 0 Å². The first-order valence-electron chi connectivity index (χ1n) is 21.8. The van der Waals surface area contributed by atoms with E-state index in [0.29, 0.717) is 66.9 Å². The minimum absolute atomic E-state index is 0.123. The van der Waals surface area contributed by atoms with Crippen molar-refractivity contribution in [3.8, 4) is 41.3 Å². The lowest BCUT2D eigenvalue weighted by Gasteiger charge is -2.34. The molecule has 0 amide bonds. The molecule has 0 aliphatic carbocycles. The molecule has 326 valence electrons. The standard InChI is InChI=1S/C56H27N15/c1-56(36-16-32(22-57)53(33(17-36)23-58)69-47-4-10-63-26-39(47)40-27-64-11-5-48(40)69,37-18-34(24-59)54(45(20-37)61-2)70-49-6-12-65-28-41(49)42-29-66-13-7-50(42)70)38-19-35(25-60)55(46(21-38)62-3)71-51-8-14-67-30-43(51)44-31-68-15-9-52(44)71/h4-21,26-31H,1H3. The molecule has 0 saturated heterocycles. The molecule has 0 aliphatic rings. The van der Waals surface area contributed by atoms with Gasteiger partial charge < -0.3 is 13.7 Å². The van der Waals surface area contributed by atoms with E-state index in [-0.39, 0.29) is 33.6 Å². The summed E-state index contributed by atoms with van der Waals surface area (Å²) in [5.74, 6) is 0. The van der Waals surface area contributed by atoms with Gasteiger partial charge >= 0.3 is 0 Å². The molecule has 0 spiro atoms. The summed E-state index contributed by atoms with van der Waals surface area (Å²) in [6.07, 6.45) is 20.2. The molecule has 0 aliphatic heterocycles. The smallest absolute Gasteiger partial charge is 0.212 e. The van der Waals surface area contributed by atoms with Crippen LogP contribution in [0.1, 0.15) is 45.9 Å². The second-order valence-corrected chi connectivity index (χ2v) is 16.9. The van der Waals surface area contributed by atoms with Gasteiger partial charge in [-0.3, -0.25) is 29.9 Å². The van der Waals surface area contributed by atoms with Crippen molar-refractivity contribution in [1.29, 1.82) is 21.0 Å². The Morgan fingerprint density at radius 1 is 0.394 bits per heavy atom. The van der Waals surface area contributed by atoms with Crippen LogP contribution >= 0.6 is 0 Å². The van der Waals surface area contributed by atoms with E-state index in [1.54, 1.807) is 111 Å². The van der Waals surface area contributed by atoms with Crippen molar-refractivity contribution in [3.63, 3.8) is 0 Å². The minimum atomic E-state index is -1.47. The van der Waals surface area contributed by atoms with Gasteiger partial charge in [0.25, 0.3) is 0 Å². The van der Waals surface area contributed by atoms with Crippen molar-refractivity contribution in [2.24, 2.45) is 0 Å². The lowest BCUT2D eigenvalue weighted by molar-refractivity contribution is 0.691. The van der Waals surface area contributed by atoms with Crippen LogP contribution in [0.3, 0.4) is 0 Å². The van der Waals surface area contributed by atoms with Crippen molar-refractivity contribution in [1.82, 2.24) is 43.6 Å². The zero-order valence-electron chi connectivity index (χ0n) is 37.1. The number of hydrogen-bond acceptors (Lipinski definition) is 10. The zero-order valence-corrected chi connectivity index (χ0v) is 37.1. The molecule has 15 heteroatoms. The van der Waals surface area contributed by atoms with Crippen molar-refractivity contribution >= 4 is 76.8 Å². The highest BCUT2D eigenvalue weighted by Crippen LogP contribution is 2.48. The number of nitrogens with zero attached hydrogens (tertiary/aromatic N) is 15. The first-order chi connectivity index (χ1) is 34.9. The van der Waals surface area contributed by atoms with Crippen LogP contribution in [-0.2, 0) is 5.41 Å². The Bertz CT molecular complexity index is 3860. The molecule has 3 aromatic carbocycles. The third kappa shape index (κ3) is 5.83. The fourth-order valence-electron chi connectivity index (χ4n) is 10.3. The Kier molecular flexibility index (Phi) is 9.18. The van der Waals surface area contributed by atoms with Crippen molar-refractivity contribution < 1.29 is 0 Å². The van der Waals surface area contributed by atoms with E-state index in [1.807, 2.05) is 57.0 Å². The van der Waals surface area contributed by atoms with Gasteiger partial charge in [0.05, 0.1) is 97.7 Å². The average molecular weight is 910 g/mol. The number of aromatic nitrogens is 9. The SMILES string of the molecule is [C-]#[N+]c1cc(C(C)(c2cc(C#N)c(-n3c4ccncc4c4cnccc43)c(C#N)c2)c2cc(C#N)c(-n3c4ccncc4c4cnccc43)c([N+]#[C-])c2)cc(C#N)c1-n1c2ccncc2c2cnccc21. The molecule has 0 N–H and O–H groups in total. The van der Waals surface area contributed by atoms with Crippen LogP contribution in [0.2, 0.25) is 0 Å². The Balaban J connectivity index is 1.18. The van der Waals surface area contributed by atoms with E-state index in [2.05, 4.69) is 63.9 Å². The molecule has 0 atom stereocenters. The van der Waals surface area contributed by atoms with Gasteiger partial charge in [0, 0.05) is 112 Å².